The zero-order chi connectivity index (χ0) is 14.6. The first-order valence-corrected chi connectivity index (χ1v) is 8.93. The van der Waals surface area contributed by atoms with E-state index >= 15 is 0 Å². The molecule has 6 heteroatoms. The van der Waals surface area contributed by atoms with E-state index in [1.807, 2.05) is 7.05 Å². The maximum Gasteiger partial charge on any atom is 0.179 e. The van der Waals surface area contributed by atoms with Crippen LogP contribution in [0.25, 0.3) is 0 Å². The second-order valence-electron chi connectivity index (χ2n) is 5.16. The maximum atomic E-state index is 12.3. The fourth-order valence-electron chi connectivity index (χ4n) is 2.65. The first-order valence-electron chi connectivity index (χ1n) is 6.90. The molecule has 0 bridgehead atoms. The van der Waals surface area contributed by atoms with Crippen LogP contribution in [0, 0.1) is 0 Å². The number of rotatable bonds is 6. The first kappa shape index (κ1) is 15.8. The Morgan fingerprint density at radius 2 is 2.05 bits per heavy atom. The Bertz CT molecular complexity index is 531. The molecule has 1 aliphatic heterocycles. The van der Waals surface area contributed by atoms with Crippen molar-refractivity contribution >= 4 is 21.4 Å². The summed E-state index contributed by atoms with van der Waals surface area (Å²) >= 11 is 5.79. The molecular weight excluding hydrogens is 296 g/mol. The lowest BCUT2D eigenvalue weighted by atomic mass is 10.2. The normalized spacial score (nSPS) is 20.4. The third-order valence-corrected chi connectivity index (χ3v) is 5.72. The Hall–Kier alpha value is -0.620. The predicted octanol–water partition coefficient (Wildman–Crippen LogP) is 1.80. The van der Waals surface area contributed by atoms with Crippen molar-refractivity contribution in [3.05, 3.63) is 29.3 Å². The molecule has 1 N–H and O–H groups in total. The molecule has 1 heterocycles. The molecule has 112 valence electrons. The van der Waals surface area contributed by atoms with Crippen LogP contribution in [0.4, 0.5) is 0 Å². The number of likely N-dealkylation sites (N-methyl/N-ethyl adjacent to an activating group) is 1. The summed E-state index contributed by atoms with van der Waals surface area (Å²) in [6, 6.07) is 6.85. The summed E-state index contributed by atoms with van der Waals surface area (Å²) < 4.78 is 24.6. The molecule has 1 aromatic carbocycles. The SMILES string of the molecule is CNCC1CCCN1CCS(=O)(=O)c1ccc(Cl)cc1. The van der Waals surface area contributed by atoms with Gasteiger partial charge in [-0.2, -0.15) is 0 Å². The van der Waals surface area contributed by atoms with Crippen LogP contribution in [0.1, 0.15) is 12.8 Å². The van der Waals surface area contributed by atoms with Gasteiger partial charge in [0.2, 0.25) is 0 Å². The highest BCUT2D eigenvalue weighted by Gasteiger charge is 2.25. The number of likely N-dealkylation sites (tertiary alicyclic amines) is 1. The van der Waals surface area contributed by atoms with Crippen LogP contribution in [0.3, 0.4) is 0 Å². The van der Waals surface area contributed by atoms with Crippen LogP contribution in [0.5, 0.6) is 0 Å². The molecule has 1 unspecified atom stereocenters. The smallest absolute Gasteiger partial charge is 0.179 e. The molecule has 0 radical (unpaired) electrons. The second kappa shape index (κ2) is 6.89. The van der Waals surface area contributed by atoms with Crippen LogP contribution in [-0.2, 0) is 9.84 Å². The number of sulfone groups is 1. The van der Waals surface area contributed by atoms with Gasteiger partial charge < -0.3 is 5.32 Å². The van der Waals surface area contributed by atoms with Crippen molar-refractivity contribution in [1.29, 1.82) is 0 Å². The van der Waals surface area contributed by atoms with Gasteiger partial charge in [-0.25, -0.2) is 8.42 Å². The molecule has 1 fully saturated rings. The molecule has 4 nitrogen and oxygen atoms in total. The minimum Gasteiger partial charge on any atom is -0.318 e. The third-order valence-electron chi connectivity index (χ3n) is 3.76. The van der Waals surface area contributed by atoms with Crippen molar-refractivity contribution in [2.24, 2.45) is 0 Å². The van der Waals surface area contributed by atoms with Crippen molar-refractivity contribution in [3.63, 3.8) is 0 Å². The van der Waals surface area contributed by atoms with E-state index in [0.717, 1.165) is 25.9 Å². The van der Waals surface area contributed by atoms with E-state index in [2.05, 4.69) is 10.2 Å². The maximum absolute atomic E-state index is 12.3. The lowest BCUT2D eigenvalue weighted by Crippen LogP contribution is -2.39. The van der Waals surface area contributed by atoms with Gasteiger partial charge in [-0.3, -0.25) is 4.90 Å². The molecule has 0 amide bonds. The van der Waals surface area contributed by atoms with Gasteiger partial charge in [0, 0.05) is 24.2 Å². The van der Waals surface area contributed by atoms with E-state index in [0.29, 0.717) is 22.5 Å². The van der Waals surface area contributed by atoms with Gasteiger partial charge in [-0.05, 0) is 50.7 Å². The molecule has 0 saturated carbocycles. The molecule has 0 spiro atoms. The van der Waals surface area contributed by atoms with Crippen molar-refractivity contribution in [2.45, 2.75) is 23.8 Å². The number of nitrogens with one attached hydrogen (secondary N) is 1. The van der Waals surface area contributed by atoms with Gasteiger partial charge >= 0.3 is 0 Å². The second-order valence-corrected chi connectivity index (χ2v) is 7.71. The standard InChI is InChI=1S/C14H21ClN2O2S/c1-16-11-13-3-2-8-17(13)9-10-20(18,19)14-6-4-12(15)5-7-14/h4-7,13,16H,2-3,8-11H2,1H3. The van der Waals surface area contributed by atoms with E-state index in [-0.39, 0.29) is 5.75 Å². The number of hydrogen-bond acceptors (Lipinski definition) is 4. The van der Waals surface area contributed by atoms with Crippen LogP contribution >= 0.6 is 11.6 Å². The van der Waals surface area contributed by atoms with Gasteiger partial charge in [-0.1, -0.05) is 11.6 Å². The van der Waals surface area contributed by atoms with Crippen LogP contribution in [0.2, 0.25) is 5.02 Å². The highest BCUT2D eigenvalue weighted by molar-refractivity contribution is 7.91. The summed E-state index contributed by atoms with van der Waals surface area (Å²) in [4.78, 5) is 2.62. The van der Waals surface area contributed by atoms with Gasteiger partial charge in [0.05, 0.1) is 10.6 Å². The molecule has 0 aliphatic carbocycles. The minimum absolute atomic E-state index is 0.162. The predicted molar refractivity (Wildman–Crippen MR) is 82.0 cm³/mol. The first-order chi connectivity index (χ1) is 9.53. The Balaban J connectivity index is 1.97. The minimum atomic E-state index is -3.22. The van der Waals surface area contributed by atoms with Gasteiger partial charge in [0.25, 0.3) is 0 Å². The van der Waals surface area contributed by atoms with Gasteiger partial charge in [0.1, 0.15) is 0 Å². The number of hydrogen-bond donors (Lipinski definition) is 1. The quantitative estimate of drug-likeness (QED) is 0.869. The van der Waals surface area contributed by atoms with Crippen LogP contribution in [-0.4, -0.2) is 51.8 Å². The third kappa shape index (κ3) is 3.95. The van der Waals surface area contributed by atoms with Crippen LogP contribution in [0.15, 0.2) is 29.2 Å². The molecular formula is C14H21ClN2O2S. The highest BCUT2D eigenvalue weighted by Crippen LogP contribution is 2.19. The van der Waals surface area contributed by atoms with E-state index < -0.39 is 9.84 Å². The van der Waals surface area contributed by atoms with E-state index in [1.165, 1.54) is 0 Å². The summed E-state index contributed by atoms with van der Waals surface area (Å²) in [5, 5.41) is 3.72. The number of halogens is 1. The Labute approximate surface area is 126 Å². The molecule has 2 rings (SSSR count). The van der Waals surface area contributed by atoms with E-state index in [4.69, 9.17) is 11.6 Å². The van der Waals surface area contributed by atoms with Crippen LogP contribution < -0.4 is 5.32 Å². The number of benzene rings is 1. The molecule has 20 heavy (non-hydrogen) atoms. The average Bonchev–Trinajstić information content (AvgIpc) is 2.85. The largest absolute Gasteiger partial charge is 0.318 e. The zero-order valence-corrected chi connectivity index (χ0v) is 13.3. The molecule has 1 atom stereocenters. The summed E-state index contributed by atoms with van der Waals surface area (Å²) in [5.74, 6) is 0.162. The summed E-state index contributed by atoms with van der Waals surface area (Å²) in [6.45, 7) is 2.50. The fraction of sp³-hybridized carbons (Fsp3) is 0.571. The molecule has 0 aromatic heterocycles. The van der Waals surface area contributed by atoms with Crippen molar-refractivity contribution in [1.82, 2.24) is 10.2 Å². The van der Waals surface area contributed by atoms with E-state index in [1.54, 1.807) is 24.3 Å². The summed E-state index contributed by atoms with van der Waals surface area (Å²) in [5.41, 5.74) is 0. The summed E-state index contributed by atoms with van der Waals surface area (Å²) in [7, 11) is -1.29. The highest BCUT2D eigenvalue weighted by atomic mass is 35.5. The Morgan fingerprint density at radius 1 is 1.35 bits per heavy atom. The van der Waals surface area contributed by atoms with Crippen molar-refractivity contribution in [3.8, 4) is 0 Å². The lowest BCUT2D eigenvalue weighted by Gasteiger charge is -2.24. The lowest BCUT2D eigenvalue weighted by molar-refractivity contribution is 0.264. The van der Waals surface area contributed by atoms with Gasteiger partial charge in [0.15, 0.2) is 9.84 Å². The molecule has 1 aliphatic rings. The zero-order valence-electron chi connectivity index (χ0n) is 11.7. The van der Waals surface area contributed by atoms with Crippen molar-refractivity contribution < 1.29 is 8.42 Å². The number of nitrogens with zero attached hydrogens (tertiary/aromatic N) is 1. The topological polar surface area (TPSA) is 49.4 Å². The molecule has 1 saturated heterocycles. The Morgan fingerprint density at radius 3 is 2.70 bits per heavy atom. The fourth-order valence-corrected chi connectivity index (χ4v) is 4.04. The van der Waals surface area contributed by atoms with Gasteiger partial charge in [-0.15, -0.1) is 0 Å². The summed E-state index contributed by atoms with van der Waals surface area (Å²) in [6.07, 6.45) is 2.29. The monoisotopic (exact) mass is 316 g/mol. The average molecular weight is 317 g/mol. The molecule has 1 aromatic rings. The Kier molecular flexibility index (Phi) is 5.43. The van der Waals surface area contributed by atoms with E-state index in [9.17, 15) is 8.42 Å². The van der Waals surface area contributed by atoms with Crippen molar-refractivity contribution in [2.75, 3.05) is 32.4 Å².